The molecule has 0 atom stereocenters. The molecule has 1 fully saturated rings. The molecule has 26 heavy (non-hydrogen) atoms. The molecule has 0 spiro atoms. The third kappa shape index (κ3) is 5.06. The quantitative estimate of drug-likeness (QED) is 0.668. The van der Waals surface area contributed by atoms with E-state index in [1.165, 1.54) is 6.92 Å². The predicted octanol–water partition coefficient (Wildman–Crippen LogP) is 1.75. The minimum Gasteiger partial charge on any atom is -0.368 e. The molecule has 0 unspecified atom stereocenters. The number of benzene rings is 1. The Morgan fingerprint density at radius 3 is 2.62 bits per heavy atom. The summed E-state index contributed by atoms with van der Waals surface area (Å²) in [7, 11) is 0. The van der Waals surface area contributed by atoms with Gasteiger partial charge in [-0.25, -0.2) is 9.97 Å². The average molecular weight is 375 g/mol. The van der Waals surface area contributed by atoms with Gasteiger partial charge in [-0.1, -0.05) is 11.6 Å². The van der Waals surface area contributed by atoms with E-state index in [0.29, 0.717) is 23.9 Å². The molecule has 1 amide bonds. The summed E-state index contributed by atoms with van der Waals surface area (Å²) < 4.78 is 0. The molecule has 2 heterocycles. The molecule has 1 aliphatic heterocycles. The lowest BCUT2D eigenvalue weighted by molar-refractivity contribution is -0.118. The number of nitrogens with zero attached hydrogens (tertiary/aromatic N) is 3. The molecule has 0 radical (unpaired) electrons. The number of carbonyl (C=O) groups is 1. The fourth-order valence-corrected chi connectivity index (χ4v) is 2.86. The topological polar surface area (TPSA) is 82.2 Å². The lowest BCUT2D eigenvalue weighted by Crippen LogP contribution is -2.44. The summed E-state index contributed by atoms with van der Waals surface area (Å²) in [4.78, 5) is 22.6. The van der Waals surface area contributed by atoms with E-state index in [2.05, 4.69) is 25.8 Å². The van der Waals surface area contributed by atoms with E-state index in [1.807, 2.05) is 30.3 Å². The Morgan fingerprint density at radius 2 is 1.92 bits per heavy atom. The second-order valence-corrected chi connectivity index (χ2v) is 6.53. The minimum absolute atomic E-state index is 0.0437. The fraction of sp³-hybridized carbons (Fsp3) is 0.389. The molecule has 2 aromatic rings. The highest BCUT2D eigenvalue weighted by Gasteiger charge is 2.15. The summed E-state index contributed by atoms with van der Waals surface area (Å²) in [5.41, 5.74) is 0.913. The van der Waals surface area contributed by atoms with Crippen LogP contribution in [0.15, 0.2) is 30.3 Å². The van der Waals surface area contributed by atoms with Crippen LogP contribution in [-0.2, 0) is 4.79 Å². The summed E-state index contributed by atoms with van der Waals surface area (Å²) >= 11 is 5.99. The Balaban J connectivity index is 1.83. The van der Waals surface area contributed by atoms with Crippen LogP contribution < -0.4 is 20.9 Å². The van der Waals surface area contributed by atoms with Crippen molar-refractivity contribution in [3.05, 3.63) is 35.4 Å². The summed E-state index contributed by atoms with van der Waals surface area (Å²) in [6.07, 6.45) is 0. The van der Waals surface area contributed by atoms with Gasteiger partial charge in [-0.05, 0) is 24.3 Å². The molecule has 138 valence electrons. The van der Waals surface area contributed by atoms with Crippen LogP contribution in [0.1, 0.15) is 6.92 Å². The van der Waals surface area contributed by atoms with Crippen molar-refractivity contribution in [1.82, 2.24) is 20.6 Å². The van der Waals surface area contributed by atoms with Crippen LogP contribution in [0.3, 0.4) is 0 Å². The fourth-order valence-electron chi connectivity index (χ4n) is 2.74. The van der Waals surface area contributed by atoms with E-state index in [1.54, 1.807) is 0 Å². The number of halogens is 1. The molecule has 1 saturated heterocycles. The zero-order valence-corrected chi connectivity index (χ0v) is 15.5. The molecule has 7 nitrogen and oxygen atoms in total. The van der Waals surface area contributed by atoms with Crippen LogP contribution in [0.5, 0.6) is 0 Å². The molecular formula is C18H23ClN6O. The summed E-state index contributed by atoms with van der Waals surface area (Å²) in [5.74, 6) is 2.25. The van der Waals surface area contributed by atoms with E-state index in [9.17, 15) is 4.79 Å². The van der Waals surface area contributed by atoms with Crippen LogP contribution in [0.4, 0.5) is 11.6 Å². The van der Waals surface area contributed by atoms with Crippen molar-refractivity contribution in [2.75, 3.05) is 49.5 Å². The van der Waals surface area contributed by atoms with Crippen LogP contribution in [0.2, 0.25) is 5.02 Å². The zero-order chi connectivity index (χ0) is 18.4. The van der Waals surface area contributed by atoms with Gasteiger partial charge in [0.1, 0.15) is 11.6 Å². The van der Waals surface area contributed by atoms with Crippen molar-refractivity contribution in [3.8, 4) is 11.4 Å². The van der Waals surface area contributed by atoms with Crippen LogP contribution in [0.25, 0.3) is 11.4 Å². The van der Waals surface area contributed by atoms with Gasteiger partial charge in [0.05, 0.1) is 0 Å². The third-order valence-electron chi connectivity index (χ3n) is 4.06. The highest BCUT2D eigenvalue weighted by molar-refractivity contribution is 6.30. The van der Waals surface area contributed by atoms with Gasteiger partial charge in [0.25, 0.3) is 0 Å². The molecule has 0 bridgehead atoms. The number of amides is 1. The summed E-state index contributed by atoms with van der Waals surface area (Å²) in [5, 5.41) is 10.1. The van der Waals surface area contributed by atoms with E-state index in [-0.39, 0.29) is 5.91 Å². The van der Waals surface area contributed by atoms with Crippen molar-refractivity contribution in [2.24, 2.45) is 0 Å². The molecule has 1 aromatic heterocycles. The number of carbonyl (C=O) groups excluding carboxylic acids is 1. The van der Waals surface area contributed by atoms with Crippen molar-refractivity contribution in [1.29, 1.82) is 0 Å². The van der Waals surface area contributed by atoms with Gasteiger partial charge in [0.15, 0.2) is 5.82 Å². The Kier molecular flexibility index (Phi) is 6.25. The maximum atomic E-state index is 11.0. The maximum absolute atomic E-state index is 11.0. The Hall–Kier alpha value is -2.38. The van der Waals surface area contributed by atoms with Gasteiger partial charge >= 0.3 is 0 Å². The van der Waals surface area contributed by atoms with E-state index in [4.69, 9.17) is 16.6 Å². The van der Waals surface area contributed by atoms with Gasteiger partial charge in [0.2, 0.25) is 5.91 Å². The molecule has 0 saturated carbocycles. The lowest BCUT2D eigenvalue weighted by atomic mass is 10.2. The summed E-state index contributed by atoms with van der Waals surface area (Å²) in [6.45, 7) is 6.32. The van der Waals surface area contributed by atoms with Gasteiger partial charge in [0, 0.05) is 62.8 Å². The van der Waals surface area contributed by atoms with Crippen LogP contribution >= 0.6 is 11.6 Å². The Labute approximate surface area is 158 Å². The minimum atomic E-state index is -0.0437. The first-order valence-corrected chi connectivity index (χ1v) is 9.08. The van der Waals surface area contributed by atoms with Crippen molar-refractivity contribution in [3.63, 3.8) is 0 Å². The normalized spacial score (nSPS) is 14.2. The molecule has 1 aromatic carbocycles. The third-order valence-corrected chi connectivity index (χ3v) is 4.31. The zero-order valence-electron chi connectivity index (χ0n) is 14.8. The van der Waals surface area contributed by atoms with Crippen molar-refractivity contribution >= 4 is 29.1 Å². The highest BCUT2D eigenvalue weighted by Crippen LogP contribution is 2.24. The monoisotopic (exact) mass is 374 g/mol. The standard InChI is InChI=1S/C18H23ClN6O/c1-13(26)21-6-7-22-16-12-17(25-10-8-20-9-11-25)24-18(23-16)14-2-4-15(19)5-3-14/h2-5,12,20H,6-11H2,1H3,(H,21,26)(H,22,23,24). The van der Waals surface area contributed by atoms with Gasteiger partial charge in [-0.2, -0.15) is 0 Å². The van der Waals surface area contributed by atoms with Gasteiger partial charge < -0.3 is 20.9 Å². The number of rotatable bonds is 6. The number of anilines is 2. The van der Waals surface area contributed by atoms with E-state index >= 15 is 0 Å². The Morgan fingerprint density at radius 1 is 1.19 bits per heavy atom. The average Bonchev–Trinajstić information content (AvgIpc) is 2.66. The number of hydrogen-bond acceptors (Lipinski definition) is 6. The maximum Gasteiger partial charge on any atom is 0.216 e. The lowest BCUT2D eigenvalue weighted by Gasteiger charge is -2.29. The first-order valence-electron chi connectivity index (χ1n) is 8.71. The molecule has 3 N–H and O–H groups in total. The first-order chi connectivity index (χ1) is 12.6. The number of nitrogens with one attached hydrogen (secondary N) is 3. The van der Waals surface area contributed by atoms with Gasteiger partial charge in [-0.3, -0.25) is 4.79 Å². The summed E-state index contributed by atoms with van der Waals surface area (Å²) in [6, 6.07) is 9.46. The first kappa shape index (κ1) is 18.4. The highest BCUT2D eigenvalue weighted by atomic mass is 35.5. The van der Waals surface area contributed by atoms with Crippen LogP contribution in [-0.4, -0.2) is 55.1 Å². The SMILES string of the molecule is CC(=O)NCCNc1cc(N2CCNCC2)nc(-c2ccc(Cl)cc2)n1. The number of aromatic nitrogens is 2. The second kappa shape index (κ2) is 8.82. The predicted molar refractivity (Wildman–Crippen MR) is 105 cm³/mol. The number of piperazine rings is 1. The van der Waals surface area contributed by atoms with Crippen molar-refractivity contribution < 1.29 is 4.79 Å². The van der Waals surface area contributed by atoms with Gasteiger partial charge in [-0.15, -0.1) is 0 Å². The molecule has 3 rings (SSSR count). The molecule has 8 heteroatoms. The number of hydrogen-bond donors (Lipinski definition) is 3. The van der Waals surface area contributed by atoms with E-state index in [0.717, 1.165) is 43.4 Å². The smallest absolute Gasteiger partial charge is 0.216 e. The van der Waals surface area contributed by atoms with Crippen molar-refractivity contribution in [2.45, 2.75) is 6.92 Å². The Bertz CT molecular complexity index is 746. The molecular weight excluding hydrogens is 352 g/mol. The molecule has 1 aliphatic rings. The van der Waals surface area contributed by atoms with Crippen LogP contribution in [0, 0.1) is 0 Å². The van der Waals surface area contributed by atoms with E-state index < -0.39 is 0 Å². The largest absolute Gasteiger partial charge is 0.368 e. The second-order valence-electron chi connectivity index (χ2n) is 6.09. The molecule has 0 aliphatic carbocycles.